The number of carboxylic acid groups (broad SMARTS) is 2. The van der Waals surface area contributed by atoms with Gasteiger partial charge >= 0.3 is 11.9 Å². The molecule has 2 rings (SSSR count). The van der Waals surface area contributed by atoms with E-state index in [4.69, 9.17) is 15.9 Å². The number of nitrogens with two attached hydrogens (primary N) is 1. The van der Waals surface area contributed by atoms with Gasteiger partial charge in [-0.3, -0.25) is 19.2 Å². The Labute approximate surface area is 193 Å². The molecule has 2 aromatic rings. The van der Waals surface area contributed by atoms with Gasteiger partial charge in [0.2, 0.25) is 17.7 Å². The number of aromatic amines is 1. The number of aliphatic hydroxyl groups excluding tert-OH is 1. The van der Waals surface area contributed by atoms with Crippen molar-refractivity contribution in [1.29, 1.82) is 0 Å². The lowest BCUT2D eigenvalue weighted by atomic mass is 10.0. The van der Waals surface area contributed by atoms with Crippen molar-refractivity contribution in [2.45, 2.75) is 44.0 Å². The molecule has 184 valence electrons. The molecule has 1 aromatic heterocycles. The average molecular weight is 477 g/mol. The van der Waals surface area contributed by atoms with E-state index in [1.165, 1.54) is 0 Å². The molecule has 1 heterocycles. The van der Waals surface area contributed by atoms with E-state index in [0.717, 1.165) is 17.8 Å². The van der Waals surface area contributed by atoms with Crippen molar-refractivity contribution in [3.8, 4) is 0 Å². The molecule has 13 heteroatoms. The Bertz CT molecular complexity index is 1070. The van der Waals surface area contributed by atoms with Gasteiger partial charge in [-0.25, -0.2) is 4.79 Å². The molecule has 0 saturated carbocycles. The molecule has 0 radical (unpaired) electrons. The zero-order valence-electron chi connectivity index (χ0n) is 18.3. The first-order chi connectivity index (χ1) is 16.0. The Morgan fingerprint density at radius 1 is 1.00 bits per heavy atom. The number of hydrogen-bond acceptors (Lipinski definition) is 7. The lowest BCUT2D eigenvalue weighted by Crippen LogP contribution is -2.58. The molecule has 0 saturated heterocycles. The van der Waals surface area contributed by atoms with E-state index in [1.54, 1.807) is 12.3 Å². The highest BCUT2D eigenvalue weighted by Crippen LogP contribution is 2.19. The van der Waals surface area contributed by atoms with Gasteiger partial charge in [0, 0.05) is 23.5 Å². The molecule has 4 unspecified atom stereocenters. The Kier molecular flexibility index (Phi) is 9.10. The van der Waals surface area contributed by atoms with Crippen molar-refractivity contribution in [2.24, 2.45) is 5.73 Å². The predicted molar refractivity (Wildman–Crippen MR) is 118 cm³/mol. The highest BCUT2D eigenvalue weighted by Gasteiger charge is 2.32. The first kappa shape index (κ1) is 26.3. The van der Waals surface area contributed by atoms with Crippen LogP contribution in [0.4, 0.5) is 0 Å². The summed E-state index contributed by atoms with van der Waals surface area (Å²) >= 11 is 0. The average Bonchev–Trinajstić information content (AvgIpc) is 3.18. The van der Waals surface area contributed by atoms with Gasteiger partial charge in [-0.2, -0.15) is 0 Å². The quantitative estimate of drug-likeness (QED) is 0.170. The van der Waals surface area contributed by atoms with E-state index in [0.29, 0.717) is 5.56 Å². The minimum Gasteiger partial charge on any atom is -0.481 e. The Morgan fingerprint density at radius 2 is 1.65 bits per heavy atom. The molecule has 3 amide bonds. The molecule has 13 nitrogen and oxygen atoms in total. The SMILES string of the molecule is CC(O)C(NC(=O)C(CC(=O)O)NC(=O)C(Cc1c[nH]c2ccccc12)NC(=O)CN)C(=O)O. The van der Waals surface area contributed by atoms with Crippen LogP contribution in [0.5, 0.6) is 0 Å². The monoisotopic (exact) mass is 477 g/mol. The summed E-state index contributed by atoms with van der Waals surface area (Å²) in [6.45, 7) is 0.717. The van der Waals surface area contributed by atoms with Crippen molar-refractivity contribution >= 4 is 40.6 Å². The normalized spacial score (nSPS) is 14.4. The molecule has 4 atom stereocenters. The van der Waals surface area contributed by atoms with Crippen LogP contribution in [0.2, 0.25) is 0 Å². The van der Waals surface area contributed by atoms with E-state index in [-0.39, 0.29) is 6.42 Å². The Balaban J connectivity index is 2.25. The summed E-state index contributed by atoms with van der Waals surface area (Å²) in [6, 6.07) is 2.62. The summed E-state index contributed by atoms with van der Waals surface area (Å²) in [6.07, 6.45) is -0.703. The van der Waals surface area contributed by atoms with Gasteiger partial charge in [0.1, 0.15) is 12.1 Å². The van der Waals surface area contributed by atoms with E-state index in [1.807, 2.05) is 23.5 Å². The smallest absolute Gasteiger partial charge is 0.328 e. The first-order valence-corrected chi connectivity index (χ1v) is 10.3. The fraction of sp³-hybridized carbons (Fsp3) is 0.381. The van der Waals surface area contributed by atoms with E-state index in [9.17, 15) is 29.1 Å². The standard InChI is InChI=1S/C21H27N5O8/c1-10(27)18(21(33)34)26-20(32)15(7-17(29)30)25-19(31)14(24-16(28)8-22)6-11-9-23-13-5-3-2-4-12(11)13/h2-5,9-10,14-15,18,23,27H,6-8,22H2,1H3,(H,24,28)(H,25,31)(H,26,32)(H,29,30)(H,33,34). The second-order valence-corrected chi connectivity index (χ2v) is 7.61. The minimum absolute atomic E-state index is 0.00553. The maximum absolute atomic E-state index is 13.0. The summed E-state index contributed by atoms with van der Waals surface area (Å²) in [4.78, 5) is 63.0. The highest BCUT2D eigenvalue weighted by molar-refractivity contribution is 5.96. The summed E-state index contributed by atoms with van der Waals surface area (Å²) in [5, 5.41) is 35.4. The van der Waals surface area contributed by atoms with Crippen LogP contribution in [0.1, 0.15) is 18.9 Å². The number of carbonyl (C=O) groups excluding carboxylic acids is 3. The number of fused-ring (bicyclic) bond motifs is 1. The van der Waals surface area contributed by atoms with Crippen LogP contribution in [0, 0.1) is 0 Å². The van der Waals surface area contributed by atoms with E-state index < -0.39 is 66.9 Å². The van der Waals surface area contributed by atoms with Gasteiger partial charge in [0.15, 0.2) is 6.04 Å². The molecule has 0 aliphatic carbocycles. The Hall–Kier alpha value is -3.97. The number of carbonyl (C=O) groups is 5. The third-order valence-corrected chi connectivity index (χ3v) is 4.99. The molecule has 0 aliphatic rings. The van der Waals surface area contributed by atoms with Crippen molar-refractivity contribution in [3.05, 3.63) is 36.0 Å². The van der Waals surface area contributed by atoms with E-state index >= 15 is 0 Å². The van der Waals surface area contributed by atoms with Crippen molar-refractivity contribution < 1.29 is 39.3 Å². The lowest BCUT2D eigenvalue weighted by molar-refractivity contribution is -0.146. The fourth-order valence-corrected chi connectivity index (χ4v) is 3.28. The fourth-order valence-electron chi connectivity index (χ4n) is 3.28. The zero-order chi connectivity index (χ0) is 25.4. The summed E-state index contributed by atoms with van der Waals surface area (Å²) < 4.78 is 0. The largest absolute Gasteiger partial charge is 0.481 e. The first-order valence-electron chi connectivity index (χ1n) is 10.3. The number of aliphatic carboxylic acids is 2. The number of rotatable bonds is 12. The van der Waals surface area contributed by atoms with Crippen molar-refractivity contribution in [2.75, 3.05) is 6.54 Å². The van der Waals surface area contributed by atoms with Crippen LogP contribution in [0.25, 0.3) is 10.9 Å². The molecule has 1 aromatic carbocycles. The molecule has 0 aliphatic heterocycles. The number of aromatic nitrogens is 1. The summed E-state index contributed by atoms with van der Waals surface area (Å²) in [5.41, 5.74) is 6.81. The number of carboxylic acids is 2. The molecule has 0 fully saturated rings. The van der Waals surface area contributed by atoms with Crippen molar-refractivity contribution in [1.82, 2.24) is 20.9 Å². The van der Waals surface area contributed by atoms with Gasteiger partial charge in [-0.15, -0.1) is 0 Å². The molecule has 0 bridgehead atoms. The van der Waals surface area contributed by atoms with E-state index in [2.05, 4.69) is 15.6 Å². The van der Waals surface area contributed by atoms with Gasteiger partial charge in [0.25, 0.3) is 0 Å². The van der Waals surface area contributed by atoms with Crippen LogP contribution in [-0.4, -0.2) is 80.7 Å². The number of nitrogens with one attached hydrogen (secondary N) is 4. The van der Waals surface area contributed by atoms with Gasteiger partial charge in [-0.05, 0) is 18.6 Å². The number of amides is 3. The predicted octanol–water partition coefficient (Wildman–Crippen LogP) is -1.94. The molecule has 0 spiro atoms. The van der Waals surface area contributed by atoms with Crippen LogP contribution in [0.15, 0.2) is 30.5 Å². The number of aliphatic hydroxyl groups is 1. The maximum Gasteiger partial charge on any atom is 0.328 e. The minimum atomic E-state index is -1.72. The number of H-pyrrole nitrogens is 1. The van der Waals surface area contributed by atoms with Crippen LogP contribution in [-0.2, 0) is 30.4 Å². The third kappa shape index (κ3) is 7.02. The van der Waals surface area contributed by atoms with Gasteiger partial charge in [0.05, 0.1) is 19.1 Å². The maximum atomic E-state index is 13.0. The summed E-state index contributed by atoms with van der Waals surface area (Å²) in [5.74, 6) is -5.64. The number of benzene rings is 1. The third-order valence-electron chi connectivity index (χ3n) is 4.99. The van der Waals surface area contributed by atoms with Gasteiger partial charge in [-0.1, -0.05) is 18.2 Å². The van der Waals surface area contributed by atoms with Crippen LogP contribution < -0.4 is 21.7 Å². The molecular weight excluding hydrogens is 450 g/mol. The molecular formula is C21H27N5O8. The van der Waals surface area contributed by atoms with Crippen molar-refractivity contribution in [3.63, 3.8) is 0 Å². The molecule has 9 N–H and O–H groups in total. The molecule has 34 heavy (non-hydrogen) atoms. The van der Waals surface area contributed by atoms with Gasteiger partial charge < -0.3 is 42.0 Å². The summed E-state index contributed by atoms with van der Waals surface area (Å²) in [7, 11) is 0. The Morgan fingerprint density at radius 3 is 2.24 bits per heavy atom. The van der Waals surface area contributed by atoms with Crippen LogP contribution >= 0.6 is 0 Å². The lowest BCUT2D eigenvalue weighted by Gasteiger charge is -2.24. The second kappa shape index (κ2) is 11.8. The highest BCUT2D eigenvalue weighted by atomic mass is 16.4. The van der Waals surface area contributed by atoms with Crippen LogP contribution in [0.3, 0.4) is 0 Å². The second-order valence-electron chi connectivity index (χ2n) is 7.61. The topological polar surface area (TPSA) is 224 Å². The number of para-hydroxylation sites is 1. The zero-order valence-corrected chi connectivity index (χ0v) is 18.3. The number of hydrogen-bond donors (Lipinski definition) is 8.